The molecule has 6 aliphatic rings. The topological polar surface area (TPSA) is 130 Å². The van der Waals surface area contributed by atoms with E-state index in [1.54, 1.807) is 11.1 Å². The molecule has 0 spiro atoms. The van der Waals surface area contributed by atoms with Crippen molar-refractivity contribution in [3.8, 4) is 11.1 Å². The lowest BCUT2D eigenvalue weighted by Crippen LogP contribution is -2.55. The number of halogens is 1. The van der Waals surface area contributed by atoms with Gasteiger partial charge in [-0.2, -0.15) is 0 Å². The minimum atomic E-state index is -0.591. The molecule has 4 fully saturated rings. The van der Waals surface area contributed by atoms with Gasteiger partial charge in [0.2, 0.25) is 17.7 Å². The van der Waals surface area contributed by atoms with E-state index in [1.807, 2.05) is 35.2 Å². The number of amides is 4. The van der Waals surface area contributed by atoms with Crippen LogP contribution in [0.1, 0.15) is 84.3 Å². The number of aliphatic imine (C=N–C) groups is 1. The van der Waals surface area contributed by atoms with Crippen molar-refractivity contribution in [2.75, 3.05) is 45.8 Å². The zero-order valence-corrected chi connectivity index (χ0v) is 34.2. The summed E-state index contributed by atoms with van der Waals surface area (Å²) in [5, 5.41) is 10.1. The van der Waals surface area contributed by atoms with Crippen molar-refractivity contribution in [3.63, 3.8) is 0 Å². The predicted molar refractivity (Wildman–Crippen MR) is 228 cm³/mol. The highest BCUT2D eigenvalue weighted by atomic mass is 35.5. The fraction of sp³-hybridized carbons (Fsp3) is 0.457. The second kappa shape index (κ2) is 17.4. The summed E-state index contributed by atoms with van der Waals surface area (Å²) in [6.07, 6.45) is 8.21. The van der Waals surface area contributed by atoms with Crippen LogP contribution in [0.2, 0.25) is 0 Å². The first-order valence-electron chi connectivity index (χ1n) is 21.4. The molecule has 6 heterocycles. The van der Waals surface area contributed by atoms with Gasteiger partial charge in [-0.25, -0.2) is 0 Å². The van der Waals surface area contributed by atoms with E-state index in [0.29, 0.717) is 48.6 Å². The van der Waals surface area contributed by atoms with E-state index >= 15 is 0 Å². The van der Waals surface area contributed by atoms with Gasteiger partial charge in [0, 0.05) is 63.0 Å². The van der Waals surface area contributed by atoms with E-state index in [0.717, 1.165) is 99.2 Å². The molecule has 2 unspecified atom stereocenters. The van der Waals surface area contributed by atoms with Crippen LogP contribution in [0.4, 0.5) is 0 Å². The van der Waals surface area contributed by atoms with Crippen LogP contribution in [0.25, 0.3) is 16.8 Å². The highest BCUT2D eigenvalue weighted by Crippen LogP contribution is 2.35. The Labute approximate surface area is 351 Å². The van der Waals surface area contributed by atoms with Gasteiger partial charge in [-0.1, -0.05) is 72.3 Å². The number of carbonyl (C=O) groups excluding carboxylic acids is 4. The molecule has 9 rings (SSSR count). The molecule has 3 aromatic carbocycles. The molecule has 13 heteroatoms. The Hall–Kier alpha value is -4.88. The number of nitrogens with one attached hydrogen (secondary N) is 3. The quantitative estimate of drug-likeness (QED) is 0.260. The van der Waals surface area contributed by atoms with Crippen LogP contribution >= 0.6 is 11.6 Å². The van der Waals surface area contributed by atoms with Crippen molar-refractivity contribution in [1.29, 1.82) is 0 Å². The molecule has 308 valence electrons. The molecule has 0 radical (unpaired) electrons. The molecule has 0 aliphatic carbocycles. The maximum absolute atomic E-state index is 13.6. The van der Waals surface area contributed by atoms with Crippen LogP contribution in [-0.4, -0.2) is 120 Å². The highest BCUT2D eigenvalue weighted by molar-refractivity contribution is 6.42. The largest absolute Gasteiger partial charge is 0.350 e. The normalized spacial score (nSPS) is 25.0. The Bertz CT molecular complexity index is 2140. The summed E-state index contributed by atoms with van der Waals surface area (Å²) in [4.78, 5) is 64.2. The Balaban J connectivity index is 0.714. The monoisotopic (exact) mass is 816 g/mol. The van der Waals surface area contributed by atoms with Gasteiger partial charge in [-0.15, -0.1) is 0 Å². The van der Waals surface area contributed by atoms with Gasteiger partial charge in [0.15, 0.2) is 6.29 Å². The number of likely N-dealkylation sites (tertiary alicyclic amines) is 3. The number of nitrogens with zero attached hydrogens (tertiary/aromatic N) is 5. The van der Waals surface area contributed by atoms with Crippen molar-refractivity contribution in [2.45, 2.75) is 88.2 Å². The van der Waals surface area contributed by atoms with Crippen LogP contribution in [0.3, 0.4) is 0 Å². The minimum absolute atomic E-state index is 0.122. The van der Waals surface area contributed by atoms with Crippen LogP contribution < -0.4 is 16.0 Å². The Morgan fingerprint density at radius 3 is 2.41 bits per heavy atom. The third kappa shape index (κ3) is 8.73. The molecule has 6 aliphatic heterocycles. The molecule has 3 N–H and O–H groups in total. The number of hydrogen-bond donors (Lipinski definition) is 3. The lowest BCUT2D eigenvalue weighted by atomic mass is 9.86. The van der Waals surface area contributed by atoms with Gasteiger partial charge in [-0.3, -0.25) is 39.7 Å². The van der Waals surface area contributed by atoms with Crippen molar-refractivity contribution >= 4 is 47.1 Å². The molecule has 0 bridgehead atoms. The van der Waals surface area contributed by atoms with Gasteiger partial charge in [-0.05, 0) is 104 Å². The summed E-state index contributed by atoms with van der Waals surface area (Å²) in [6.45, 7) is 6.25. The predicted octanol–water partition coefficient (Wildman–Crippen LogP) is 4.90. The zero-order chi connectivity index (χ0) is 40.5. The maximum Gasteiger partial charge on any atom is 0.255 e. The number of fused-ring (bicyclic) bond motifs is 1. The van der Waals surface area contributed by atoms with Gasteiger partial charge in [0.05, 0.1) is 17.3 Å². The summed E-state index contributed by atoms with van der Waals surface area (Å²) in [7, 11) is 0. The van der Waals surface area contributed by atoms with E-state index in [-0.39, 0.29) is 42.4 Å². The molecule has 4 amide bonds. The fourth-order valence-corrected chi connectivity index (χ4v) is 10.2. The first-order chi connectivity index (χ1) is 28.8. The summed E-state index contributed by atoms with van der Waals surface area (Å²) >= 11 is 6.67. The molecule has 4 saturated heterocycles. The fourth-order valence-electron chi connectivity index (χ4n) is 9.98. The van der Waals surface area contributed by atoms with E-state index in [2.05, 4.69) is 73.2 Å². The summed E-state index contributed by atoms with van der Waals surface area (Å²) < 4.78 is 0. The molecule has 12 nitrogen and oxygen atoms in total. The molecule has 0 saturated carbocycles. The summed E-state index contributed by atoms with van der Waals surface area (Å²) in [5.41, 5.74) is 7.03. The first-order valence-corrected chi connectivity index (χ1v) is 21.8. The van der Waals surface area contributed by atoms with E-state index in [4.69, 9.17) is 11.6 Å². The number of hydrogen-bond acceptors (Lipinski definition) is 9. The van der Waals surface area contributed by atoms with Gasteiger partial charge in [0.1, 0.15) is 6.04 Å². The van der Waals surface area contributed by atoms with Gasteiger partial charge >= 0.3 is 0 Å². The van der Waals surface area contributed by atoms with Crippen LogP contribution in [0, 0.1) is 0 Å². The average molecular weight is 817 g/mol. The molecule has 0 aromatic heterocycles. The molecule has 59 heavy (non-hydrogen) atoms. The SMILES string of the molecule is O=C1CCC(N2Cc3cc(C4CCN(C5CCN(CC(=O)N6CCC[C@H](NC7N=CC(Cl)=C(c8cccc(-c9ccccc9)c8)N7)C6)CC5)CC4)ccc3C2=O)C(=O)N1. The number of allylic oxidation sites excluding steroid dienone is 1. The number of piperidine rings is 4. The first kappa shape index (κ1) is 39.6. The third-order valence-electron chi connectivity index (χ3n) is 13.3. The molecular formula is C46H53ClN8O4. The third-order valence-corrected chi connectivity index (χ3v) is 13.6. The second-order valence-electron chi connectivity index (χ2n) is 17.0. The Morgan fingerprint density at radius 1 is 0.831 bits per heavy atom. The number of imide groups is 1. The van der Waals surface area contributed by atoms with Crippen molar-refractivity contribution < 1.29 is 19.2 Å². The Kier molecular flexibility index (Phi) is 11.7. The van der Waals surface area contributed by atoms with Crippen molar-refractivity contribution in [1.82, 2.24) is 35.6 Å². The maximum atomic E-state index is 13.6. The second-order valence-corrected chi connectivity index (χ2v) is 17.4. The van der Waals surface area contributed by atoms with E-state index in [1.165, 1.54) is 5.56 Å². The van der Waals surface area contributed by atoms with E-state index in [9.17, 15) is 19.2 Å². The summed E-state index contributed by atoms with van der Waals surface area (Å²) in [5.74, 6) is -0.130. The van der Waals surface area contributed by atoms with Crippen LogP contribution in [-0.2, 0) is 20.9 Å². The highest BCUT2D eigenvalue weighted by Gasteiger charge is 2.40. The number of benzene rings is 3. The smallest absolute Gasteiger partial charge is 0.255 e. The standard InChI is InChI=1S/C46H53ClN8O4/c47-39-26-48-46(51-43(39)34-9-4-8-32(24-34)30-6-2-1-3-7-30)49-36-10-5-19-54(28-36)42(57)29-52-20-17-37(18-21-52)53-22-15-31(16-23-53)33-11-12-38-35(25-33)27-55(45(38)59)40-13-14-41(56)50-44(40)58/h1-4,6-9,11-12,24-26,31,36-37,40,46,49,51H,5,10,13-23,27-29H2,(H,50,56,58)/t36-,40?,46?/m0/s1. The Morgan fingerprint density at radius 2 is 1.61 bits per heavy atom. The zero-order valence-electron chi connectivity index (χ0n) is 33.5. The van der Waals surface area contributed by atoms with Gasteiger partial charge < -0.3 is 20.0 Å². The van der Waals surface area contributed by atoms with Crippen LogP contribution in [0.15, 0.2) is 82.8 Å². The lowest BCUT2D eigenvalue weighted by Gasteiger charge is -2.42. The molecule has 3 aromatic rings. The number of rotatable bonds is 9. The van der Waals surface area contributed by atoms with Crippen molar-refractivity contribution in [2.24, 2.45) is 4.99 Å². The summed E-state index contributed by atoms with van der Waals surface area (Å²) in [6, 6.07) is 24.9. The van der Waals surface area contributed by atoms with Crippen molar-refractivity contribution in [3.05, 3.63) is 100 Å². The average Bonchev–Trinajstić information content (AvgIpc) is 3.59. The molecular weight excluding hydrogens is 764 g/mol. The number of carbonyl (C=O) groups is 4. The lowest BCUT2D eigenvalue weighted by molar-refractivity contribution is -0.137. The minimum Gasteiger partial charge on any atom is -0.350 e. The molecule has 3 atom stereocenters. The van der Waals surface area contributed by atoms with E-state index < -0.39 is 6.04 Å². The van der Waals surface area contributed by atoms with Gasteiger partial charge in [0.25, 0.3) is 5.91 Å². The van der Waals surface area contributed by atoms with Crippen LogP contribution in [0.5, 0.6) is 0 Å².